The zero-order valence-electron chi connectivity index (χ0n) is 9.82. The summed E-state index contributed by atoms with van der Waals surface area (Å²) in [6.45, 7) is 4.67. The molecule has 0 saturated carbocycles. The average molecular weight is 248 g/mol. The first-order valence-electron chi connectivity index (χ1n) is 5.63. The summed E-state index contributed by atoms with van der Waals surface area (Å²) in [7, 11) is -3.28. The maximum Gasteiger partial charge on any atom is 0.235 e. The number of rotatable bonds is 5. The molecule has 1 amide bonds. The fraction of sp³-hybridized carbons (Fsp3) is 0.900. The van der Waals surface area contributed by atoms with Crippen molar-refractivity contribution in [2.24, 2.45) is 0 Å². The maximum absolute atomic E-state index is 11.5. The molecule has 1 aliphatic rings. The van der Waals surface area contributed by atoms with Crippen molar-refractivity contribution in [1.82, 2.24) is 10.6 Å². The van der Waals surface area contributed by atoms with Gasteiger partial charge < -0.3 is 10.6 Å². The molecule has 6 heteroatoms. The molecule has 16 heavy (non-hydrogen) atoms. The van der Waals surface area contributed by atoms with E-state index in [2.05, 4.69) is 10.6 Å². The zero-order valence-corrected chi connectivity index (χ0v) is 10.6. The number of amides is 1. The van der Waals surface area contributed by atoms with Crippen molar-refractivity contribution in [3.8, 4) is 0 Å². The standard InChI is InChI=1S/C10H20N2O3S/c1-8(2)16(14,15)7-10(13)12-6-9-4-3-5-11-9/h8-9,11H,3-7H2,1-2H3,(H,12,13). The van der Waals surface area contributed by atoms with Gasteiger partial charge in [-0.1, -0.05) is 0 Å². The SMILES string of the molecule is CC(C)S(=O)(=O)CC(=O)NCC1CCCN1. The highest BCUT2D eigenvalue weighted by Crippen LogP contribution is 2.04. The minimum atomic E-state index is -3.28. The van der Waals surface area contributed by atoms with Gasteiger partial charge in [0.1, 0.15) is 5.75 Å². The largest absolute Gasteiger partial charge is 0.354 e. The molecule has 1 atom stereocenters. The fourth-order valence-corrected chi connectivity index (χ4v) is 2.37. The van der Waals surface area contributed by atoms with Gasteiger partial charge in [-0.3, -0.25) is 4.79 Å². The summed E-state index contributed by atoms with van der Waals surface area (Å²) in [5, 5.41) is 5.39. The molecule has 2 N–H and O–H groups in total. The molecule has 1 fully saturated rings. The van der Waals surface area contributed by atoms with E-state index in [1.807, 2.05) is 0 Å². The number of hydrogen-bond donors (Lipinski definition) is 2. The predicted molar refractivity (Wildman–Crippen MR) is 63.0 cm³/mol. The van der Waals surface area contributed by atoms with E-state index in [4.69, 9.17) is 0 Å². The van der Waals surface area contributed by atoms with Crippen molar-refractivity contribution >= 4 is 15.7 Å². The summed E-state index contributed by atoms with van der Waals surface area (Å²) in [4.78, 5) is 11.4. The van der Waals surface area contributed by atoms with Crippen LogP contribution >= 0.6 is 0 Å². The van der Waals surface area contributed by atoms with Crippen LogP contribution in [0.1, 0.15) is 26.7 Å². The highest BCUT2D eigenvalue weighted by molar-refractivity contribution is 7.92. The molecule has 1 rings (SSSR count). The van der Waals surface area contributed by atoms with Crippen LogP contribution in [0.3, 0.4) is 0 Å². The van der Waals surface area contributed by atoms with Crippen molar-refractivity contribution in [2.45, 2.75) is 38.0 Å². The van der Waals surface area contributed by atoms with E-state index in [1.54, 1.807) is 13.8 Å². The summed E-state index contributed by atoms with van der Waals surface area (Å²) in [6, 6.07) is 0.297. The Morgan fingerprint density at radius 1 is 1.50 bits per heavy atom. The van der Waals surface area contributed by atoms with Gasteiger partial charge in [0.2, 0.25) is 5.91 Å². The number of sulfone groups is 1. The van der Waals surface area contributed by atoms with Crippen LogP contribution in [0.5, 0.6) is 0 Å². The third-order valence-electron chi connectivity index (χ3n) is 2.76. The van der Waals surface area contributed by atoms with E-state index in [0.29, 0.717) is 12.6 Å². The van der Waals surface area contributed by atoms with Gasteiger partial charge in [0.15, 0.2) is 9.84 Å². The van der Waals surface area contributed by atoms with Crippen molar-refractivity contribution < 1.29 is 13.2 Å². The maximum atomic E-state index is 11.5. The summed E-state index contributed by atoms with van der Waals surface area (Å²) < 4.78 is 22.9. The van der Waals surface area contributed by atoms with Gasteiger partial charge >= 0.3 is 0 Å². The van der Waals surface area contributed by atoms with Gasteiger partial charge in [-0.05, 0) is 33.2 Å². The number of carbonyl (C=O) groups is 1. The van der Waals surface area contributed by atoms with Crippen LogP contribution in [0.15, 0.2) is 0 Å². The lowest BCUT2D eigenvalue weighted by Gasteiger charge is -2.12. The van der Waals surface area contributed by atoms with E-state index < -0.39 is 26.7 Å². The van der Waals surface area contributed by atoms with E-state index in [1.165, 1.54) is 0 Å². The second-order valence-corrected chi connectivity index (χ2v) is 7.01. The minimum Gasteiger partial charge on any atom is -0.354 e. The topological polar surface area (TPSA) is 75.3 Å². The van der Waals surface area contributed by atoms with Crippen LogP contribution in [0, 0.1) is 0 Å². The fourth-order valence-electron chi connectivity index (χ4n) is 1.57. The minimum absolute atomic E-state index is 0.297. The molecule has 0 aromatic heterocycles. The van der Waals surface area contributed by atoms with E-state index >= 15 is 0 Å². The van der Waals surface area contributed by atoms with Gasteiger partial charge in [0.05, 0.1) is 5.25 Å². The summed E-state index contributed by atoms with van der Waals surface area (Å²) in [5.41, 5.74) is 0. The molecule has 1 unspecified atom stereocenters. The average Bonchev–Trinajstić information content (AvgIpc) is 2.66. The molecular formula is C10H20N2O3S. The highest BCUT2D eigenvalue weighted by atomic mass is 32.2. The Bertz CT molecular complexity index is 332. The summed E-state index contributed by atoms with van der Waals surface area (Å²) in [6.07, 6.45) is 2.15. The quantitative estimate of drug-likeness (QED) is 0.699. The molecule has 0 spiro atoms. The predicted octanol–water partition coefficient (Wildman–Crippen LogP) is -0.322. The molecule has 5 nitrogen and oxygen atoms in total. The molecule has 1 aliphatic heterocycles. The van der Waals surface area contributed by atoms with Crippen LogP contribution < -0.4 is 10.6 Å². The number of carbonyl (C=O) groups excluding carboxylic acids is 1. The van der Waals surface area contributed by atoms with Crippen molar-refractivity contribution in [1.29, 1.82) is 0 Å². The molecule has 1 saturated heterocycles. The Hall–Kier alpha value is -0.620. The second-order valence-electron chi connectivity index (χ2n) is 4.45. The molecule has 94 valence electrons. The third-order valence-corrected chi connectivity index (χ3v) is 4.86. The summed E-state index contributed by atoms with van der Waals surface area (Å²) in [5.74, 6) is -0.806. The molecule has 0 aromatic carbocycles. The molecule has 0 bridgehead atoms. The Balaban J connectivity index is 2.30. The lowest BCUT2D eigenvalue weighted by Crippen LogP contribution is -2.40. The van der Waals surface area contributed by atoms with Gasteiger partial charge in [0, 0.05) is 12.6 Å². The van der Waals surface area contributed by atoms with Gasteiger partial charge in [-0.2, -0.15) is 0 Å². The summed E-state index contributed by atoms with van der Waals surface area (Å²) >= 11 is 0. The first-order valence-corrected chi connectivity index (χ1v) is 7.35. The lowest BCUT2D eigenvalue weighted by atomic mass is 10.2. The monoisotopic (exact) mass is 248 g/mol. The van der Waals surface area contributed by atoms with Crippen LogP contribution in [-0.2, 0) is 14.6 Å². The zero-order chi connectivity index (χ0) is 12.2. The normalized spacial score (nSPS) is 21.3. The molecular weight excluding hydrogens is 228 g/mol. The smallest absolute Gasteiger partial charge is 0.235 e. The first kappa shape index (κ1) is 13.4. The second kappa shape index (κ2) is 5.63. The van der Waals surface area contributed by atoms with Crippen LogP contribution in [0.25, 0.3) is 0 Å². The van der Waals surface area contributed by atoms with Crippen LogP contribution in [-0.4, -0.2) is 44.5 Å². The Morgan fingerprint density at radius 2 is 2.19 bits per heavy atom. The van der Waals surface area contributed by atoms with Gasteiger partial charge in [-0.15, -0.1) is 0 Å². The third kappa shape index (κ3) is 4.09. The van der Waals surface area contributed by atoms with Crippen molar-refractivity contribution in [3.05, 3.63) is 0 Å². The molecule has 0 aliphatic carbocycles. The Kier molecular flexibility index (Phi) is 4.73. The number of hydrogen-bond acceptors (Lipinski definition) is 4. The first-order chi connectivity index (χ1) is 7.42. The van der Waals surface area contributed by atoms with Crippen molar-refractivity contribution in [2.75, 3.05) is 18.8 Å². The van der Waals surface area contributed by atoms with E-state index in [9.17, 15) is 13.2 Å². The van der Waals surface area contributed by atoms with Gasteiger partial charge in [-0.25, -0.2) is 8.42 Å². The van der Waals surface area contributed by atoms with E-state index in [-0.39, 0.29) is 0 Å². The Labute approximate surface area is 96.9 Å². The van der Waals surface area contributed by atoms with Crippen LogP contribution in [0.4, 0.5) is 0 Å². The lowest BCUT2D eigenvalue weighted by molar-refractivity contribution is -0.118. The van der Waals surface area contributed by atoms with E-state index in [0.717, 1.165) is 19.4 Å². The molecule has 1 heterocycles. The number of nitrogens with one attached hydrogen (secondary N) is 2. The Morgan fingerprint density at radius 3 is 2.69 bits per heavy atom. The van der Waals surface area contributed by atoms with Crippen molar-refractivity contribution in [3.63, 3.8) is 0 Å². The molecule has 0 radical (unpaired) electrons. The van der Waals surface area contributed by atoms with Gasteiger partial charge in [0.25, 0.3) is 0 Å². The van der Waals surface area contributed by atoms with Crippen LogP contribution in [0.2, 0.25) is 0 Å². The molecule has 0 aromatic rings. The highest BCUT2D eigenvalue weighted by Gasteiger charge is 2.21.